The van der Waals surface area contributed by atoms with Crippen molar-refractivity contribution in [2.24, 2.45) is 10.9 Å². The van der Waals surface area contributed by atoms with Crippen LogP contribution in [-0.4, -0.2) is 53.0 Å². The van der Waals surface area contributed by atoms with Gasteiger partial charge in [0, 0.05) is 39.8 Å². The predicted molar refractivity (Wildman–Crippen MR) is 116 cm³/mol. The van der Waals surface area contributed by atoms with Gasteiger partial charge in [-0.1, -0.05) is 44.2 Å². The van der Waals surface area contributed by atoms with Crippen molar-refractivity contribution in [1.82, 2.24) is 10.6 Å². The Hall–Kier alpha value is -0.860. The zero-order chi connectivity index (χ0) is 17.6. The van der Waals surface area contributed by atoms with E-state index in [1.807, 2.05) is 0 Å². The molecule has 1 unspecified atom stereocenters. The van der Waals surface area contributed by atoms with Crippen LogP contribution in [0.5, 0.6) is 0 Å². The molecule has 5 nitrogen and oxygen atoms in total. The summed E-state index contributed by atoms with van der Waals surface area (Å²) in [5.41, 5.74) is 1.36. The second-order valence-corrected chi connectivity index (χ2v) is 6.10. The zero-order valence-corrected chi connectivity index (χ0v) is 18.3. The molecule has 6 heteroatoms. The summed E-state index contributed by atoms with van der Waals surface area (Å²) in [5, 5.41) is 6.77. The van der Waals surface area contributed by atoms with Gasteiger partial charge < -0.3 is 20.1 Å². The summed E-state index contributed by atoms with van der Waals surface area (Å²) < 4.78 is 10.4. The van der Waals surface area contributed by atoms with E-state index in [1.54, 1.807) is 14.2 Å². The van der Waals surface area contributed by atoms with Crippen LogP contribution in [0.1, 0.15) is 31.7 Å². The summed E-state index contributed by atoms with van der Waals surface area (Å²) in [6.07, 6.45) is 0.941. The van der Waals surface area contributed by atoms with Crippen molar-refractivity contribution in [2.75, 3.05) is 47.1 Å². The number of nitrogens with one attached hydrogen (secondary N) is 2. The lowest BCUT2D eigenvalue weighted by atomic mass is 9.88. The van der Waals surface area contributed by atoms with Crippen molar-refractivity contribution >= 4 is 29.9 Å². The topological polar surface area (TPSA) is 54.9 Å². The van der Waals surface area contributed by atoms with Crippen LogP contribution in [0.2, 0.25) is 0 Å². The Morgan fingerprint density at radius 3 is 2.40 bits per heavy atom. The van der Waals surface area contributed by atoms with Gasteiger partial charge in [0.1, 0.15) is 0 Å². The molecule has 0 spiro atoms. The van der Waals surface area contributed by atoms with Crippen LogP contribution in [-0.2, 0) is 9.47 Å². The minimum atomic E-state index is 0. The lowest BCUT2D eigenvalue weighted by molar-refractivity contribution is 0.0698. The van der Waals surface area contributed by atoms with Gasteiger partial charge in [0.25, 0.3) is 0 Å². The third-order valence-electron chi connectivity index (χ3n) is 3.94. The molecule has 0 aliphatic heterocycles. The van der Waals surface area contributed by atoms with Crippen LogP contribution in [0.25, 0.3) is 0 Å². The molecule has 0 heterocycles. The maximum absolute atomic E-state index is 5.45. The number of hydrogen-bond donors (Lipinski definition) is 2. The molecule has 144 valence electrons. The van der Waals surface area contributed by atoms with Gasteiger partial charge in [-0.3, -0.25) is 4.99 Å². The van der Waals surface area contributed by atoms with Crippen molar-refractivity contribution < 1.29 is 9.47 Å². The Bertz CT molecular complexity index is 455. The van der Waals surface area contributed by atoms with Gasteiger partial charge in [-0.25, -0.2) is 0 Å². The van der Waals surface area contributed by atoms with Gasteiger partial charge in [0.2, 0.25) is 0 Å². The highest BCUT2D eigenvalue weighted by molar-refractivity contribution is 14.0. The molecule has 0 aliphatic rings. The van der Waals surface area contributed by atoms with Crippen LogP contribution >= 0.6 is 24.0 Å². The summed E-state index contributed by atoms with van der Waals surface area (Å²) in [5.74, 6) is 1.86. The van der Waals surface area contributed by atoms with Crippen molar-refractivity contribution in [3.63, 3.8) is 0 Å². The maximum Gasteiger partial charge on any atom is 0.190 e. The molecule has 1 aromatic carbocycles. The van der Waals surface area contributed by atoms with Gasteiger partial charge in [0.15, 0.2) is 5.96 Å². The third-order valence-corrected chi connectivity index (χ3v) is 3.94. The molecule has 1 aromatic rings. The standard InChI is InChI=1S/C19H33N3O2.HI/c1-16(2)18(17-9-6-5-7-10-17)15-22-19(20-3)21-11-8-12-24-14-13-23-4;/h5-7,9-10,16,18H,8,11-15H2,1-4H3,(H2,20,21,22);1H. The first-order valence-electron chi connectivity index (χ1n) is 8.75. The summed E-state index contributed by atoms with van der Waals surface area (Å²) in [6, 6.07) is 10.6. The van der Waals surface area contributed by atoms with Crippen LogP contribution in [0, 0.1) is 5.92 Å². The molecular weight excluding hydrogens is 429 g/mol. The molecule has 1 rings (SSSR count). The van der Waals surface area contributed by atoms with Gasteiger partial charge >= 0.3 is 0 Å². The highest BCUT2D eigenvalue weighted by Gasteiger charge is 2.15. The average molecular weight is 463 g/mol. The number of aliphatic imine (C=N–C) groups is 1. The number of guanidine groups is 1. The Balaban J connectivity index is 0.00000576. The summed E-state index contributed by atoms with van der Waals surface area (Å²) in [6.45, 7) is 8.24. The molecule has 1 atom stereocenters. The summed E-state index contributed by atoms with van der Waals surface area (Å²) >= 11 is 0. The molecule has 0 aromatic heterocycles. The fourth-order valence-electron chi connectivity index (χ4n) is 2.49. The fraction of sp³-hybridized carbons (Fsp3) is 0.632. The average Bonchev–Trinajstić information content (AvgIpc) is 2.60. The highest BCUT2D eigenvalue weighted by Crippen LogP contribution is 2.23. The second-order valence-electron chi connectivity index (χ2n) is 6.10. The van der Waals surface area contributed by atoms with E-state index < -0.39 is 0 Å². The fourth-order valence-corrected chi connectivity index (χ4v) is 2.49. The van der Waals surface area contributed by atoms with E-state index in [1.165, 1.54) is 5.56 Å². The Labute approximate surface area is 170 Å². The lowest BCUT2D eigenvalue weighted by Crippen LogP contribution is -2.40. The van der Waals surface area contributed by atoms with Crippen molar-refractivity contribution in [3.8, 4) is 0 Å². The minimum Gasteiger partial charge on any atom is -0.382 e. The maximum atomic E-state index is 5.45. The molecule has 0 radical (unpaired) electrons. The number of methoxy groups -OCH3 is 1. The van der Waals surface area contributed by atoms with Crippen molar-refractivity contribution in [1.29, 1.82) is 0 Å². The number of rotatable bonds is 11. The van der Waals surface area contributed by atoms with Gasteiger partial charge in [-0.05, 0) is 17.9 Å². The van der Waals surface area contributed by atoms with Crippen LogP contribution in [0.4, 0.5) is 0 Å². The van der Waals surface area contributed by atoms with Crippen LogP contribution < -0.4 is 10.6 Å². The third kappa shape index (κ3) is 10.7. The zero-order valence-electron chi connectivity index (χ0n) is 16.0. The first-order chi connectivity index (χ1) is 11.7. The lowest BCUT2D eigenvalue weighted by Gasteiger charge is -2.23. The van der Waals surface area contributed by atoms with Crippen molar-refractivity contribution in [2.45, 2.75) is 26.2 Å². The van der Waals surface area contributed by atoms with Crippen LogP contribution in [0.15, 0.2) is 35.3 Å². The predicted octanol–water partition coefficient (Wildman–Crippen LogP) is 3.26. The van der Waals surface area contributed by atoms with Gasteiger partial charge in [-0.2, -0.15) is 0 Å². The largest absolute Gasteiger partial charge is 0.382 e. The van der Waals surface area contributed by atoms with Gasteiger partial charge in [0.05, 0.1) is 13.2 Å². The number of ether oxygens (including phenoxy) is 2. The summed E-state index contributed by atoms with van der Waals surface area (Å²) in [4.78, 5) is 4.29. The highest BCUT2D eigenvalue weighted by atomic mass is 127. The smallest absolute Gasteiger partial charge is 0.190 e. The van der Waals surface area contributed by atoms with E-state index in [2.05, 4.69) is 59.8 Å². The molecule has 0 bridgehead atoms. The quantitative estimate of drug-likeness (QED) is 0.229. The Morgan fingerprint density at radius 2 is 1.80 bits per heavy atom. The van der Waals surface area contributed by atoms with Crippen LogP contribution in [0.3, 0.4) is 0 Å². The van der Waals surface area contributed by atoms with Gasteiger partial charge in [-0.15, -0.1) is 24.0 Å². The molecule has 25 heavy (non-hydrogen) atoms. The van der Waals surface area contributed by atoms with E-state index in [9.17, 15) is 0 Å². The molecular formula is C19H34IN3O2. The number of halogens is 1. The van der Waals surface area contributed by atoms with E-state index >= 15 is 0 Å². The van der Waals surface area contributed by atoms with E-state index in [4.69, 9.17) is 9.47 Å². The molecule has 2 N–H and O–H groups in total. The number of hydrogen-bond acceptors (Lipinski definition) is 3. The molecule has 0 saturated carbocycles. The second kappa shape index (κ2) is 15.4. The van der Waals surface area contributed by atoms with Crippen molar-refractivity contribution in [3.05, 3.63) is 35.9 Å². The Kier molecular flexibility index (Phi) is 14.9. The number of benzene rings is 1. The van der Waals surface area contributed by atoms with E-state index in [-0.39, 0.29) is 24.0 Å². The minimum absolute atomic E-state index is 0. The monoisotopic (exact) mass is 463 g/mol. The number of nitrogens with zero attached hydrogens (tertiary/aromatic N) is 1. The molecule has 0 aliphatic carbocycles. The molecule has 0 saturated heterocycles. The van der Waals surface area contributed by atoms with E-state index in [0.717, 1.165) is 32.1 Å². The molecule has 0 fully saturated rings. The normalized spacial score (nSPS) is 12.6. The SMILES string of the molecule is CN=C(NCCCOCCOC)NCC(c1ccccc1)C(C)C.I. The first-order valence-corrected chi connectivity index (χ1v) is 8.75. The molecule has 0 amide bonds. The van der Waals surface area contributed by atoms with E-state index in [0.29, 0.717) is 25.0 Å². The first kappa shape index (κ1) is 24.1. The Morgan fingerprint density at radius 1 is 1.08 bits per heavy atom. The summed E-state index contributed by atoms with van der Waals surface area (Å²) in [7, 11) is 3.48.